The van der Waals surface area contributed by atoms with Crippen LogP contribution in [0.15, 0.2) is 0 Å². The summed E-state index contributed by atoms with van der Waals surface area (Å²) in [5.74, 6) is 0. The van der Waals surface area contributed by atoms with Crippen molar-refractivity contribution in [2.75, 3.05) is 13.1 Å². The Labute approximate surface area is 149 Å². The van der Waals surface area contributed by atoms with Gasteiger partial charge in [-0.2, -0.15) is 5.10 Å². The third kappa shape index (κ3) is 3.49. The molecule has 1 aromatic heterocycles. The normalized spacial score (nSPS) is 24.7. The van der Waals surface area contributed by atoms with E-state index >= 15 is 0 Å². The Hall–Kier alpha value is -0.860. The fourth-order valence-corrected chi connectivity index (χ4v) is 4.17. The van der Waals surface area contributed by atoms with Gasteiger partial charge in [0.05, 0.1) is 12.6 Å². The number of fused-ring (bicyclic) bond motifs is 1. The molecule has 1 saturated heterocycles. The minimum absolute atomic E-state index is 0.0742. The van der Waals surface area contributed by atoms with Crippen LogP contribution in [-0.2, 0) is 17.6 Å². The van der Waals surface area contributed by atoms with Gasteiger partial charge in [-0.25, -0.2) is 9.18 Å². The molecular weight excluding hydrogens is 412 g/mol. The molecule has 2 aliphatic rings. The summed E-state index contributed by atoms with van der Waals surface area (Å²) in [6, 6.07) is -0.274. The van der Waals surface area contributed by atoms with Crippen molar-refractivity contribution in [3.05, 3.63) is 15.0 Å². The number of hydrogen-bond acceptors (Lipinski definition) is 3. The molecule has 1 aromatic rings. The Balaban J connectivity index is 1.70. The second-order valence-corrected chi connectivity index (χ2v) is 8.33. The fraction of sp³-hybridized carbons (Fsp3) is 0.750. The first kappa shape index (κ1) is 17.0. The number of nitrogens with zero attached hydrogens (tertiary/aromatic N) is 3. The number of alkyl halides is 1. The minimum atomic E-state index is -1.11. The van der Waals surface area contributed by atoms with E-state index in [9.17, 15) is 9.18 Å². The zero-order chi connectivity index (χ0) is 16.8. The van der Waals surface area contributed by atoms with Gasteiger partial charge in [0.15, 0.2) is 0 Å². The predicted octanol–water partition coefficient (Wildman–Crippen LogP) is 3.50. The molecule has 1 amide bonds. The average molecular weight is 435 g/mol. The molecule has 1 aliphatic heterocycles. The Morgan fingerprint density at radius 3 is 2.78 bits per heavy atom. The number of carbonyl (C=O) groups excluding carboxylic acids is 1. The molecule has 2 heterocycles. The van der Waals surface area contributed by atoms with Crippen LogP contribution in [0.3, 0.4) is 0 Å². The number of aromatic nitrogens is 2. The maximum absolute atomic E-state index is 14.7. The van der Waals surface area contributed by atoms with E-state index < -0.39 is 17.9 Å². The van der Waals surface area contributed by atoms with Crippen molar-refractivity contribution in [1.29, 1.82) is 0 Å². The van der Waals surface area contributed by atoms with Gasteiger partial charge in [0.25, 0.3) is 0 Å². The summed E-state index contributed by atoms with van der Waals surface area (Å²) < 4.78 is 23.0. The van der Waals surface area contributed by atoms with Crippen molar-refractivity contribution in [3.63, 3.8) is 0 Å². The molecule has 0 N–H and O–H groups in total. The number of rotatable bonds is 1. The van der Waals surface area contributed by atoms with Crippen LogP contribution in [0.1, 0.15) is 50.9 Å². The molecule has 3 rings (SSSR count). The summed E-state index contributed by atoms with van der Waals surface area (Å²) in [5.41, 5.74) is 1.92. The molecule has 0 saturated carbocycles. The van der Waals surface area contributed by atoms with Gasteiger partial charge in [0.1, 0.15) is 15.5 Å². The zero-order valence-electron chi connectivity index (χ0n) is 13.8. The van der Waals surface area contributed by atoms with Crippen molar-refractivity contribution < 1.29 is 13.9 Å². The summed E-state index contributed by atoms with van der Waals surface area (Å²) in [5, 5.41) is 4.56. The average Bonchev–Trinajstić information content (AvgIpc) is 3.01. The first-order chi connectivity index (χ1) is 10.8. The number of halogens is 2. The lowest BCUT2D eigenvalue weighted by atomic mass is 10.0. The van der Waals surface area contributed by atoms with E-state index in [1.165, 1.54) is 16.2 Å². The van der Waals surface area contributed by atoms with Gasteiger partial charge in [-0.1, -0.05) is 0 Å². The molecule has 0 aromatic carbocycles. The van der Waals surface area contributed by atoms with Crippen LogP contribution in [0.4, 0.5) is 9.18 Å². The van der Waals surface area contributed by atoms with Gasteiger partial charge >= 0.3 is 6.09 Å². The van der Waals surface area contributed by atoms with Gasteiger partial charge in [-0.15, -0.1) is 0 Å². The molecule has 7 heteroatoms. The van der Waals surface area contributed by atoms with Gasteiger partial charge in [-0.3, -0.25) is 4.68 Å². The Kier molecular flexibility index (Phi) is 4.59. The summed E-state index contributed by atoms with van der Waals surface area (Å²) in [4.78, 5) is 13.6. The predicted molar refractivity (Wildman–Crippen MR) is 93.3 cm³/mol. The van der Waals surface area contributed by atoms with Crippen molar-refractivity contribution in [2.24, 2.45) is 0 Å². The second-order valence-electron chi connectivity index (χ2n) is 7.31. The van der Waals surface area contributed by atoms with E-state index in [1.54, 1.807) is 0 Å². The van der Waals surface area contributed by atoms with E-state index in [4.69, 9.17) is 4.74 Å². The third-order valence-corrected chi connectivity index (χ3v) is 5.25. The van der Waals surface area contributed by atoms with Crippen molar-refractivity contribution in [3.8, 4) is 0 Å². The molecular formula is C16H23FIN3O2. The monoisotopic (exact) mass is 435 g/mol. The van der Waals surface area contributed by atoms with Gasteiger partial charge in [0, 0.05) is 17.8 Å². The Bertz CT molecular complexity index is 611. The molecule has 0 unspecified atom stereocenters. The molecule has 2 atom stereocenters. The van der Waals surface area contributed by atoms with Gasteiger partial charge in [-0.05, 0) is 69.0 Å². The van der Waals surface area contributed by atoms with Crippen LogP contribution < -0.4 is 0 Å². The first-order valence-corrected chi connectivity index (χ1v) is 9.22. The molecule has 128 valence electrons. The first-order valence-electron chi connectivity index (χ1n) is 8.14. The number of ether oxygens (including phenoxy) is 1. The lowest BCUT2D eigenvalue weighted by molar-refractivity contribution is 0.00552. The van der Waals surface area contributed by atoms with E-state index in [0.29, 0.717) is 13.0 Å². The summed E-state index contributed by atoms with van der Waals surface area (Å²) >= 11 is 2.24. The van der Waals surface area contributed by atoms with Crippen LogP contribution in [0.5, 0.6) is 0 Å². The molecule has 1 aliphatic carbocycles. The Morgan fingerprint density at radius 1 is 1.39 bits per heavy atom. The lowest BCUT2D eigenvalue weighted by Gasteiger charge is -2.36. The van der Waals surface area contributed by atoms with Crippen molar-refractivity contribution >= 4 is 28.7 Å². The van der Waals surface area contributed by atoms with E-state index in [2.05, 4.69) is 27.7 Å². The van der Waals surface area contributed by atoms with Crippen molar-refractivity contribution in [1.82, 2.24) is 14.7 Å². The van der Waals surface area contributed by atoms with Crippen LogP contribution in [0.2, 0.25) is 0 Å². The highest BCUT2D eigenvalue weighted by Crippen LogP contribution is 2.33. The SMILES string of the molecule is CC(C)(C)OC(=O)N1CC[C@H](n2nc(I)c3c2CCC3)[C@H](F)C1. The third-order valence-electron chi connectivity index (χ3n) is 4.38. The van der Waals surface area contributed by atoms with Crippen LogP contribution in [0, 0.1) is 3.70 Å². The van der Waals surface area contributed by atoms with E-state index in [-0.39, 0.29) is 12.6 Å². The zero-order valence-corrected chi connectivity index (χ0v) is 16.0. The number of likely N-dealkylation sites (tertiary alicyclic amines) is 1. The maximum atomic E-state index is 14.7. The number of amides is 1. The number of piperidine rings is 1. The minimum Gasteiger partial charge on any atom is -0.444 e. The highest BCUT2D eigenvalue weighted by atomic mass is 127. The maximum Gasteiger partial charge on any atom is 0.410 e. The molecule has 5 nitrogen and oxygen atoms in total. The Morgan fingerprint density at radius 2 is 2.13 bits per heavy atom. The topological polar surface area (TPSA) is 47.4 Å². The van der Waals surface area contributed by atoms with Crippen LogP contribution in [0.25, 0.3) is 0 Å². The van der Waals surface area contributed by atoms with E-state index in [0.717, 1.165) is 23.0 Å². The number of hydrogen-bond donors (Lipinski definition) is 0. The second kappa shape index (κ2) is 6.22. The summed E-state index contributed by atoms with van der Waals surface area (Å²) in [6.45, 7) is 6.04. The fourth-order valence-electron chi connectivity index (χ4n) is 3.35. The van der Waals surface area contributed by atoms with Crippen LogP contribution >= 0.6 is 22.6 Å². The van der Waals surface area contributed by atoms with Gasteiger partial charge in [0.2, 0.25) is 0 Å². The van der Waals surface area contributed by atoms with Crippen molar-refractivity contribution in [2.45, 2.75) is 64.3 Å². The largest absolute Gasteiger partial charge is 0.444 e. The molecule has 1 fully saturated rings. The van der Waals surface area contributed by atoms with E-state index in [1.807, 2.05) is 25.5 Å². The number of carbonyl (C=O) groups is 1. The van der Waals surface area contributed by atoms with Gasteiger partial charge < -0.3 is 9.64 Å². The molecule has 23 heavy (non-hydrogen) atoms. The molecule has 0 bridgehead atoms. The summed E-state index contributed by atoms with van der Waals surface area (Å²) in [6.07, 6.45) is 2.17. The lowest BCUT2D eigenvalue weighted by Crippen LogP contribution is -2.47. The quantitative estimate of drug-likeness (QED) is 0.635. The summed E-state index contributed by atoms with van der Waals surface area (Å²) in [7, 11) is 0. The highest BCUT2D eigenvalue weighted by molar-refractivity contribution is 14.1. The smallest absolute Gasteiger partial charge is 0.410 e. The molecule has 0 spiro atoms. The standard InChI is InChI=1S/C16H23FIN3O2/c1-16(2,3)23-15(22)20-8-7-13(11(17)9-20)21-12-6-4-5-10(12)14(18)19-21/h11,13H,4-9H2,1-3H3/t11-,13+/m1/s1. The molecule has 0 radical (unpaired) electrons. The highest BCUT2D eigenvalue weighted by Gasteiger charge is 2.37. The van der Waals surface area contributed by atoms with Crippen LogP contribution in [-0.4, -0.2) is 45.6 Å².